The maximum atomic E-state index is 13.4. The number of hydrogen-bond donors (Lipinski definition) is 1. The second-order valence-corrected chi connectivity index (χ2v) is 9.18. The highest BCUT2D eigenvalue weighted by Crippen LogP contribution is 2.56. The number of halogens is 4. The predicted octanol–water partition coefficient (Wildman–Crippen LogP) is 5.56. The summed E-state index contributed by atoms with van der Waals surface area (Å²) < 4.78 is 55.5. The number of hydrogen-bond acceptors (Lipinski definition) is 2. The van der Waals surface area contributed by atoms with Gasteiger partial charge in [-0.3, -0.25) is 0 Å². The smallest absolute Gasteiger partial charge is 0.327 e. The van der Waals surface area contributed by atoms with Gasteiger partial charge in [0.15, 0.2) is 0 Å². The third-order valence-electron chi connectivity index (χ3n) is 7.50. The molecule has 1 heterocycles. The fourth-order valence-corrected chi connectivity index (χ4v) is 5.84. The van der Waals surface area contributed by atoms with Crippen LogP contribution in [0.4, 0.5) is 17.6 Å². The number of alkyl halides is 3. The zero-order valence-electron chi connectivity index (χ0n) is 16.8. The van der Waals surface area contributed by atoms with Crippen molar-refractivity contribution in [2.45, 2.75) is 57.7 Å². The molecule has 1 aromatic heterocycles. The van der Waals surface area contributed by atoms with Crippen molar-refractivity contribution in [3.05, 3.63) is 52.7 Å². The van der Waals surface area contributed by atoms with Crippen molar-refractivity contribution in [2.75, 3.05) is 0 Å². The van der Waals surface area contributed by atoms with Crippen LogP contribution >= 0.6 is 0 Å². The summed E-state index contributed by atoms with van der Waals surface area (Å²) in [6, 6.07) is -0.887. The van der Waals surface area contributed by atoms with Crippen molar-refractivity contribution in [3.8, 4) is 0 Å². The van der Waals surface area contributed by atoms with E-state index < -0.39 is 18.1 Å². The highest BCUT2D eigenvalue weighted by molar-refractivity contribution is 5.66. The number of rotatable bonds is 1. The van der Waals surface area contributed by atoms with E-state index in [4.69, 9.17) is 5.73 Å². The highest BCUT2D eigenvalue weighted by atomic mass is 19.4. The zero-order valence-corrected chi connectivity index (χ0v) is 16.8. The molecular formula is C23H25F4N3. The molecule has 0 radical (unpaired) electrons. The first-order valence-electron chi connectivity index (χ1n) is 10.5. The van der Waals surface area contributed by atoms with Crippen molar-refractivity contribution >= 4 is 11.8 Å². The number of nitrogens with zero attached hydrogens (tertiary/aromatic N) is 2. The van der Waals surface area contributed by atoms with E-state index in [1.54, 1.807) is 6.08 Å². The van der Waals surface area contributed by atoms with Gasteiger partial charge in [0.1, 0.15) is 5.83 Å². The molecule has 1 aromatic rings. The molecule has 0 aliphatic heterocycles. The number of fused-ring (bicyclic) bond motifs is 4. The van der Waals surface area contributed by atoms with Crippen LogP contribution in [-0.2, 0) is 6.42 Å². The standard InChI is InChI=1S/C23H25F4N3/c1-22-11-13-12-29-30(16-5-3-15(24)4-6-16)20(13)10-14(22)2-7-17-18(22)8-9-19(21(17)28)23(25,26)27/h3,5,8,10,12,17,19,21H,2,4,6-7,9,11,28H2,1H3/t17-,19+,21+,22-/m0/s1. The average Bonchev–Trinajstić information content (AvgIpc) is 3.08. The molecule has 30 heavy (non-hydrogen) atoms. The van der Waals surface area contributed by atoms with Crippen LogP contribution in [0, 0.1) is 17.3 Å². The van der Waals surface area contributed by atoms with Gasteiger partial charge in [-0.2, -0.15) is 18.3 Å². The van der Waals surface area contributed by atoms with E-state index in [0.29, 0.717) is 25.7 Å². The van der Waals surface area contributed by atoms with Gasteiger partial charge in [0, 0.05) is 23.6 Å². The van der Waals surface area contributed by atoms with Crippen LogP contribution in [-0.4, -0.2) is 22.0 Å². The molecule has 4 aliphatic carbocycles. The fraction of sp³-hybridized carbons (Fsp3) is 0.522. The van der Waals surface area contributed by atoms with Gasteiger partial charge in [0.05, 0.1) is 17.8 Å². The first kappa shape index (κ1) is 19.8. The Morgan fingerprint density at radius 2 is 2.00 bits per heavy atom. The van der Waals surface area contributed by atoms with Crippen LogP contribution in [0.2, 0.25) is 0 Å². The molecule has 0 spiro atoms. The molecule has 160 valence electrons. The summed E-state index contributed by atoms with van der Waals surface area (Å²) in [6.07, 6.45) is 7.81. The topological polar surface area (TPSA) is 43.8 Å². The van der Waals surface area contributed by atoms with E-state index in [1.165, 1.54) is 11.6 Å². The molecule has 5 rings (SSSR count). The Hall–Kier alpha value is -2.15. The van der Waals surface area contributed by atoms with Crippen LogP contribution in [0.1, 0.15) is 50.3 Å². The Labute approximate surface area is 173 Å². The van der Waals surface area contributed by atoms with E-state index in [-0.39, 0.29) is 23.6 Å². The van der Waals surface area contributed by atoms with Gasteiger partial charge >= 0.3 is 6.18 Å². The number of nitrogens with two attached hydrogens (primary N) is 1. The summed E-state index contributed by atoms with van der Waals surface area (Å²) in [6.45, 7) is 2.13. The normalized spacial score (nSPS) is 33.5. The second-order valence-electron chi connectivity index (χ2n) is 9.18. The number of aromatic nitrogens is 2. The lowest BCUT2D eigenvalue weighted by Gasteiger charge is -2.50. The maximum Gasteiger partial charge on any atom is 0.393 e. The largest absolute Gasteiger partial charge is 0.393 e. The molecule has 4 aliphatic rings. The molecule has 7 heteroatoms. The Kier molecular flexibility index (Phi) is 4.40. The zero-order chi connectivity index (χ0) is 21.3. The van der Waals surface area contributed by atoms with E-state index in [0.717, 1.165) is 28.9 Å². The summed E-state index contributed by atoms with van der Waals surface area (Å²) >= 11 is 0. The summed E-state index contributed by atoms with van der Waals surface area (Å²) in [7, 11) is 0. The fourth-order valence-electron chi connectivity index (χ4n) is 5.84. The molecule has 0 unspecified atom stereocenters. The van der Waals surface area contributed by atoms with Gasteiger partial charge in [0.2, 0.25) is 0 Å². The Morgan fingerprint density at radius 3 is 2.70 bits per heavy atom. The van der Waals surface area contributed by atoms with Crippen LogP contribution in [0.25, 0.3) is 11.8 Å². The van der Waals surface area contributed by atoms with Gasteiger partial charge in [-0.1, -0.05) is 24.1 Å². The molecule has 1 fully saturated rings. The van der Waals surface area contributed by atoms with E-state index >= 15 is 0 Å². The highest BCUT2D eigenvalue weighted by Gasteiger charge is 2.53. The summed E-state index contributed by atoms with van der Waals surface area (Å²) in [5, 5.41) is 4.56. The molecule has 0 amide bonds. The molecule has 0 aromatic carbocycles. The van der Waals surface area contributed by atoms with Gasteiger partial charge < -0.3 is 5.73 Å². The van der Waals surface area contributed by atoms with E-state index in [1.807, 2.05) is 17.0 Å². The molecule has 1 saturated carbocycles. The molecule has 4 atom stereocenters. The SMILES string of the molecule is C[C@]12Cc3cnn(C4=CC=C(F)CC4)c3C=C1CC[C@H]1C2=CC[C@@H](C(F)(F)F)[C@@H]1N. The summed E-state index contributed by atoms with van der Waals surface area (Å²) in [4.78, 5) is 0. The van der Waals surface area contributed by atoms with Crippen LogP contribution in [0.3, 0.4) is 0 Å². The Morgan fingerprint density at radius 1 is 1.20 bits per heavy atom. The Balaban J connectivity index is 1.51. The average molecular weight is 419 g/mol. The van der Waals surface area contributed by atoms with Gasteiger partial charge in [-0.05, 0) is 61.8 Å². The van der Waals surface area contributed by atoms with Crippen molar-refractivity contribution in [2.24, 2.45) is 23.0 Å². The molecule has 3 nitrogen and oxygen atoms in total. The first-order valence-corrected chi connectivity index (χ1v) is 10.5. The lowest BCUT2D eigenvalue weighted by molar-refractivity contribution is -0.184. The van der Waals surface area contributed by atoms with Crippen LogP contribution < -0.4 is 5.73 Å². The van der Waals surface area contributed by atoms with Crippen molar-refractivity contribution in [1.29, 1.82) is 0 Å². The maximum absolute atomic E-state index is 13.4. The van der Waals surface area contributed by atoms with Crippen LogP contribution in [0.5, 0.6) is 0 Å². The third-order valence-corrected chi connectivity index (χ3v) is 7.50. The van der Waals surface area contributed by atoms with E-state index in [9.17, 15) is 17.6 Å². The predicted molar refractivity (Wildman–Crippen MR) is 108 cm³/mol. The summed E-state index contributed by atoms with van der Waals surface area (Å²) in [5.41, 5.74) is 11.2. The monoisotopic (exact) mass is 419 g/mol. The van der Waals surface area contributed by atoms with Gasteiger partial charge in [-0.15, -0.1) is 0 Å². The molecule has 2 N–H and O–H groups in total. The minimum absolute atomic E-state index is 0.0454. The molecule has 0 saturated heterocycles. The quantitative estimate of drug-likeness (QED) is 0.478. The van der Waals surface area contributed by atoms with Crippen molar-refractivity contribution < 1.29 is 17.6 Å². The third kappa shape index (κ3) is 2.93. The lowest BCUT2D eigenvalue weighted by Crippen LogP contribution is -2.51. The first-order chi connectivity index (χ1) is 14.2. The lowest BCUT2D eigenvalue weighted by atomic mass is 9.55. The summed E-state index contributed by atoms with van der Waals surface area (Å²) in [5.74, 6) is -1.82. The minimum Gasteiger partial charge on any atom is -0.327 e. The number of allylic oxidation sites excluding steroid dienone is 6. The van der Waals surface area contributed by atoms with Crippen LogP contribution in [0.15, 0.2) is 41.4 Å². The Bertz CT molecular complexity index is 1010. The minimum atomic E-state index is -4.26. The van der Waals surface area contributed by atoms with Gasteiger partial charge in [-0.25, -0.2) is 9.07 Å². The van der Waals surface area contributed by atoms with Crippen molar-refractivity contribution in [1.82, 2.24) is 9.78 Å². The van der Waals surface area contributed by atoms with Gasteiger partial charge in [0.25, 0.3) is 0 Å². The van der Waals surface area contributed by atoms with E-state index in [2.05, 4.69) is 18.1 Å². The molecular weight excluding hydrogens is 394 g/mol. The molecule has 0 bridgehead atoms. The second kappa shape index (κ2) is 6.67. The van der Waals surface area contributed by atoms with Crippen molar-refractivity contribution in [3.63, 3.8) is 0 Å².